The molecule has 0 saturated heterocycles. The van der Waals surface area contributed by atoms with E-state index in [1.165, 1.54) is 11.7 Å². The summed E-state index contributed by atoms with van der Waals surface area (Å²) in [4.78, 5) is 3.71. The number of aliphatic imine (C=N–C) groups is 1. The Morgan fingerprint density at radius 3 is 2.56 bits per heavy atom. The molecule has 0 spiro atoms. The molecule has 0 fully saturated rings. The largest absolute Gasteiger partial charge is 0.248 e. The molecule has 3 heteroatoms. The molecule has 0 saturated carbocycles. The molecule has 0 aromatic rings. The van der Waals surface area contributed by atoms with E-state index in [1.54, 1.807) is 6.92 Å². The standard InChI is InChI=1S/C6H7Cl2N/c1-3-6(8)5(2)9-4-7/h3-4H,1H2,2H3/b6-5+,9-4+. The predicted octanol–water partition coefficient (Wildman–Crippen LogP) is 2.91. The molecular weight excluding hydrogens is 157 g/mol. The van der Waals surface area contributed by atoms with Crippen molar-refractivity contribution >= 4 is 28.9 Å². The smallest absolute Gasteiger partial charge is 0.0930 e. The van der Waals surface area contributed by atoms with Crippen molar-refractivity contribution in [3.05, 3.63) is 23.4 Å². The van der Waals surface area contributed by atoms with Crippen LogP contribution in [0.25, 0.3) is 0 Å². The predicted molar refractivity (Wildman–Crippen MR) is 43.1 cm³/mol. The van der Waals surface area contributed by atoms with E-state index < -0.39 is 0 Å². The van der Waals surface area contributed by atoms with Gasteiger partial charge in [0.1, 0.15) is 0 Å². The first-order chi connectivity index (χ1) is 4.22. The zero-order valence-electron chi connectivity index (χ0n) is 5.06. The van der Waals surface area contributed by atoms with Crippen LogP contribution < -0.4 is 0 Å². The summed E-state index contributed by atoms with van der Waals surface area (Å²) in [5, 5.41) is 0.520. The topological polar surface area (TPSA) is 12.4 Å². The molecule has 0 aromatic heterocycles. The first kappa shape index (κ1) is 8.73. The van der Waals surface area contributed by atoms with E-state index >= 15 is 0 Å². The molecule has 0 aliphatic rings. The number of hydrogen-bond acceptors (Lipinski definition) is 1. The monoisotopic (exact) mass is 163 g/mol. The summed E-state index contributed by atoms with van der Waals surface area (Å²) in [6, 6.07) is 0. The molecule has 0 aliphatic carbocycles. The minimum Gasteiger partial charge on any atom is -0.248 e. The highest BCUT2D eigenvalue weighted by Gasteiger charge is 1.88. The third-order valence-corrected chi connectivity index (χ3v) is 1.29. The maximum absolute atomic E-state index is 5.58. The van der Waals surface area contributed by atoms with Gasteiger partial charge in [-0.15, -0.1) is 0 Å². The third kappa shape index (κ3) is 3.33. The molecule has 0 unspecified atom stereocenters. The Balaban J connectivity index is 4.27. The van der Waals surface area contributed by atoms with Gasteiger partial charge in [-0.2, -0.15) is 0 Å². The van der Waals surface area contributed by atoms with Crippen molar-refractivity contribution in [1.29, 1.82) is 0 Å². The first-order valence-corrected chi connectivity index (χ1v) is 3.15. The maximum atomic E-state index is 5.58. The fourth-order valence-corrected chi connectivity index (χ4v) is 0.478. The lowest BCUT2D eigenvalue weighted by atomic mass is 10.4. The summed E-state index contributed by atoms with van der Waals surface area (Å²) >= 11 is 10.8. The molecule has 0 bridgehead atoms. The van der Waals surface area contributed by atoms with Gasteiger partial charge in [0.05, 0.1) is 16.4 Å². The van der Waals surface area contributed by atoms with E-state index in [1.807, 2.05) is 0 Å². The van der Waals surface area contributed by atoms with Gasteiger partial charge in [-0.25, -0.2) is 4.99 Å². The number of rotatable bonds is 2. The van der Waals surface area contributed by atoms with E-state index in [-0.39, 0.29) is 0 Å². The minimum atomic E-state index is 0.520. The first-order valence-electron chi connectivity index (χ1n) is 2.34. The highest BCUT2D eigenvalue weighted by Crippen LogP contribution is 2.09. The van der Waals surface area contributed by atoms with E-state index in [4.69, 9.17) is 23.2 Å². The number of halogens is 2. The summed E-state index contributed by atoms with van der Waals surface area (Å²) in [5.74, 6) is 0. The van der Waals surface area contributed by atoms with Gasteiger partial charge in [-0.1, -0.05) is 29.8 Å². The molecule has 0 aliphatic heterocycles. The van der Waals surface area contributed by atoms with Crippen LogP contribution in [0.4, 0.5) is 0 Å². The van der Waals surface area contributed by atoms with Crippen LogP contribution in [0, 0.1) is 0 Å². The van der Waals surface area contributed by atoms with E-state index in [0.717, 1.165) is 0 Å². The minimum absolute atomic E-state index is 0.520. The summed E-state index contributed by atoms with van der Waals surface area (Å²) in [6.07, 6.45) is 1.51. The van der Waals surface area contributed by atoms with Crippen LogP contribution in [0.2, 0.25) is 0 Å². The highest BCUT2D eigenvalue weighted by atomic mass is 35.5. The van der Waals surface area contributed by atoms with Gasteiger partial charge in [0.25, 0.3) is 0 Å². The number of allylic oxidation sites excluding steroid dienone is 3. The van der Waals surface area contributed by atoms with Crippen molar-refractivity contribution in [2.75, 3.05) is 0 Å². The van der Waals surface area contributed by atoms with Crippen LogP contribution in [-0.4, -0.2) is 5.67 Å². The van der Waals surface area contributed by atoms with Gasteiger partial charge in [0.15, 0.2) is 0 Å². The second-order valence-electron chi connectivity index (χ2n) is 1.36. The number of hydrogen-bond donors (Lipinski definition) is 0. The molecule has 0 atom stereocenters. The maximum Gasteiger partial charge on any atom is 0.0930 e. The van der Waals surface area contributed by atoms with Crippen molar-refractivity contribution in [3.8, 4) is 0 Å². The lowest BCUT2D eigenvalue weighted by molar-refractivity contribution is 1.31. The molecule has 0 N–H and O–H groups in total. The summed E-state index contributed by atoms with van der Waals surface area (Å²) in [7, 11) is 0. The van der Waals surface area contributed by atoms with E-state index in [0.29, 0.717) is 10.7 Å². The molecule has 9 heavy (non-hydrogen) atoms. The average Bonchev–Trinajstić information content (AvgIpc) is 1.87. The Labute approximate surface area is 64.7 Å². The van der Waals surface area contributed by atoms with Gasteiger partial charge in [0.2, 0.25) is 0 Å². The van der Waals surface area contributed by atoms with Crippen LogP contribution in [0.15, 0.2) is 28.4 Å². The molecule has 0 radical (unpaired) electrons. The average molecular weight is 164 g/mol. The Kier molecular flexibility index (Phi) is 4.46. The van der Waals surface area contributed by atoms with Crippen LogP contribution in [0.3, 0.4) is 0 Å². The van der Waals surface area contributed by atoms with E-state index in [9.17, 15) is 0 Å². The molecule has 0 amide bonds. The van der Waals surface area contributed by atoms with Crippen molar-refractivity contribution in [2.24, 2.45) is 4.99 Å². The second kappa shape index (κ2) is 4.59. The molecular formula is C6H7Cl2N. The zero-order chi connectivity index (χ0) is 7.28. The van der Waals surface area contributed by atoms with Gasteiger partial charge >= 0.3 is 0 Å². The Bertz CT molecular complexity index is 158. The van der Waals surface area contributed by atoms with Crippen LogP contribution in [0.5, 0.6) is 0 Å². The summed E-state index contributed by atoms with van der Waals surface area (Å²) in [5.41, 5.74) is 1.84. The van der Waals surface area contributed by atoms with Crippen LogP contribution >= 0.6 is 23.2 Å². The summed E-state index contributed by atoms with van der Waals surface area (Å²) < 4.78 is 0. The van der Waals surface area contributed by atoms with E-state index in [2.05, 4.69) is 11.6 Å². The van der Waals surface area contributed by atoms with Crippen LogP contribution in [-0.2, 0) is 0 Å². The van der Waals surface area contributed by atoms with Gasteiger partial charge in [-0.05, 0) is 13.0 Å². The fraction of sp³-hybridized carbons (Fsp3) is 0.167. The highest BCUT2D eigenvalue weighted by molar-refractivity contribution is 6.56. The molecule has 0 rings (SSSR count). The third-order valence-electron chi connectivity index (χ3n) is 0.767. The number of nitrogens with zero attached hydrogens (tertiary/aromatic N) is 1. The Hall–Kier alpha value is -0.270. The molecule has 0 aromatic carbocycles. The molecule has 1 nitrogen and oxygen atoms in total. The van der Waals surface area contributed by atoms with Gasteiger partial charge in [0, 0.05) is 0 Å². The van der Waals surface area contributed by atoms with Gasteiger partial charge in [-0.3, -0.25) is 0 Å². The van der Waals surface area contributed by atoms with Crippen LogP contribution in [0.1, 0.15) is 6.92 Å². The fourth-order valence-electron chi connectivity index (χ4n) is 0.283. The van der Waals surface area contributed by atoms with Gasteiger partial charge < -0.3 is 0 Å². The summed E-state index contributed by atoms with van der Waals surface area (Å²) in [6.45, 7) is 5.21. The normalized spacial score (nSPS) is 13.7. The van der Waals surface area contributed by atoms with Crippen molar-refractivity contribution < 1.29 is 0 Å². The van der Waals surface area contributed by atoms with Crippen molar-refractivity contribution in [3.63, 3.8) is 0 Å². The molecule has 50 valence electrons. The second-order valence-corrected chi connectivity index (χ2v) is 1.97. The Morgan fingerprint density at radius 2 is 2.22 bits per heavy atom. The zero-order valence-corrected chi connectivity index (χ0v) is 6.58. The van der Waals surface area contributed by atoms with Crippen molar-refractivity contribution in [2.45, 2.75) is 6.92 Å². The van der Waals surface area contributed by atoms with Crippen molar-refractivity contribution in [1.82, 2.24) is 0 Å². The molecule has 0 heterocycles. The quantitative estimate of drug-likeness (QED) is 0.439. The Morgan fingerprint density at radius 1 is 1.67 bits per heavy atom. The lowest BCUT2D eigenvalue weighted by Crippen LogP contribution is -1.71. The lowest BCUT2D eigenvalue weighted by Gasteiger charge is -1.89. The SMILES string of the molecule is C=C/C(Cl)=C(C)\N=C\Cl.